The number of hydrogen-bond donors (Lipinski definition) is 2. The summed E-state index contributed by atoms with van der Waals surface area (Å²) in [7, 11) is 0. The van der Waals surface area contributed by atoms with Crippen molar-refractivity contribution < 1.29 is 19.7 Å². The van der Waals surface area contributed by atoms with E-state index in [4.69, 9.17) is 9.47 Å². The average Bonchev–Trinajstić information content (AvgIpc) is 2.16. The van der Waals surface area contributed by atoms with Crippen molar-refractivity contribution in [3.63, 3.8) is 0 Å². The predicted molar refractivity (Wildman–Crippen MR) is 51.8 cm³/mol. The van der Waals surface area contributed by atoms with Crippen molar-refractivity contribution >= 4 is 0 Å². The summed E-state index contributed by atoms with van der Waals surface area (Å²) in [6.07, 6.45) is 0.218. The van der Waals surface area contributed by atoms with Crippen molar-refractivity contribution in [2.24, 2.45) is 5.41 Å². The van der Waals surface area contributed by atoms with Crippen molar-refractivity contribution in [2.75, 3.05) is 19.8 Å². The topological polar surface area (TPSA) is 58.9 Å². The summed E-state index contributed by atoms with van der Waals surface area (Å²) in [6, 6.07) is 0. The summed E-state index contributed by atoms with van der Waals surface area (Å²) in [5.74, 6) is 0. The number of hydrogen-bond acceptors (Lipinski definition) is 4. The standard InChI is InChI=1S/C10H20O4/c1-4-10(5-11)6-13-8(14-7-10)9(2,3)12/h8,11-12H,4-7H2,1-3H3. The van der Waals surface area contributed by atoms with Gasteiger partial charge in [-0.3, -0.25) is 0 Å². The van der Waals surface area contributed by atoms with Crippen LogP contribution in [0.5, 0.6) is 0 Å². The van der Waals surface area contributed by atoms with Crippen LogP contribution in [0.15, 0.2) is 0 Å². The highest BCUT2D eigenvalue weighted by Crippen LogP contribution is 2.30. The third kappa shape index (κ3) is 2.45. The fourth-order valence-electron chi connectivity index (χ4n) is 1.41. The smallest absolute Gasteiger partial charge is 0.185 e. The molecule has 1 aliphatic rings. The maximum atomic E-state index is 9.65. The molecule has 0 bridgehead atoms. The normalized spacial score (nSPS) is 34.5. The van der Waals surface area contributed by atoms with Gasteiger partial charge in [-0.1, -0.05) is 6.92 Å². The first kappa shape index (κ1) is 11.9. The molecule has 4 heteroatoms. The van der Waals surface area contributed by atoms with Gasteiger partial charge in [0.05, 0.1) is 19.8 Å². The molecule has 0 aliphatic carbocycles. The maximum Gasteiger partial charge on any atom is 0.185 e. The number of ether oxygens (including phenoxy) is 2. The summed E-state index contributed by atoms with van der Waals surface area (Å²) in [4.78, 5) is 0. The molecule has 0 saturated carbocycles. The Morgan fingerprint density at radius 3 is 2.14 bits per heavy atom. The minimum Gasteiger partial charge on any atom is -0.396 e. The molecule has 2 N–H and O–H groups in total. The van der Waals surface area contributed by atoms with Crippen LogP contribution in [0.4, 0.5) is 0 Å². The van der Waals surface area contributed by atoms with Crippen LogP contribution in [-0.2, 0) is 9.47 Å². The van der Waals surface area contributed by atoms with E-state index in [2.05, 4.69) is 0 Å². The zero-order valence-electron chi connectivity index (χ0n) is 9.12. The molecule has 14 heavy (non-hydrogen) atoms. The summed E-state index contributed by atoms with van der Waals surface area (Å²) in [6.45, 7) is 6.23. The Morgan fingerprint density at radius 1 is 1.36 bits per heavy atom. The summed E-state index contributed by atoms with van der Waals surface area (Å²) in [5, 5.41) is 18.9. The van der Waals surface area contributed by atoms with E-state index in [1.807, 2.05) is 6.92 Å². The van der Waals surface area contributed by atoms with Crippen molar-refractivity contribution in [3.8, 4) is 0 Å². The Labute approximate surface area is 84.8 Å². The van der Waals surface area contributed by atoms with Gasteiger partial charge in [0.15, 0.2) is 6.29 Å². The summed E-state index contributed by atoms with van der Waals surface area (Å²) >= 11 is 0. The van der Waals surface area contributed by atoms with Gasteiger partial charge in [0.1, 0.15) is 5.60 Å². The number of rotatable bonds is 3. The van der Waals surface area contributed by atoms with E-state index < -0.39 is 11.9 Å². The monoisotopic (exact) mass is 204 g/mol. The quantitative estimate of drug-likeness (QED) is 0.703. The molecular formula is C10H20O4. The molecular weight excluding hydrogens is 184 g/mol. The number of aliphatic hydroxyl groups excluding tert-OH is 1. The number of aliphatic hydroxyl groups is 2. The lowest BCUT2D eigenvalue weighted by molar-refractivity contribution is -0.289. The van der Waals surface area contributed by atoms with E-state index in [9.17, 15) is 10.2 Å². The zero-order valence-corrected chi connectivity index (χ0v) is 9.12. The zero-order chi connectivity index (χ0) is 10.8. The van der Waals surface area contributed by atoms with Crippen LogP contribution in [0.25, 0.3) is 0 Å². The second-order valence-electron chi connectivity index (χ2n) is 4.62. The molecule has 0 aromatic heterocycles. The van der Waals surface area contributed by atoms with Crippen LogP contribution in [0.1, 0.15) is 27.2 Å². The van der Waals surface area contributed by atoms with E-state index in [1.54, 1.807) is 13.8 Å². The van der Waals surface area contributed by atoms with Crippen molar-refractivity contribution in [3.05, 3.63) is 0 Å². The molecule has 1 rings (SSSR count). The highest BCUT2D eigenvalue weighted by atomic mass is 16.7. The Kier molecular flexibility index (Phi) is 3.53. The van der Waals surface area contributed by atoms with Crippen molar-refractivity contribution in [1.82, 2.24) is 0 Å². The minimum absolute atomic E-state index is 0.0576. The molecule has 0 radical (unpaired) electrons. The van der Waals surface area contributed by atoms with Gasteiger partial charge in [0, 0.05) is 5.41 Å². The molecule has 0 aromatic rings. The maximum absolute atomic E-state index is 9.65. The fraction of sp³-hybridized carbons (Fsp3) is 1.00. The molecule has 1 heterocycles. The van der Waals surface area contributed by atoms with Gasteiger partial charge in [-0.2, -0.15) is 0 Å². The van der Waals surface area contributed by atoms with Crippen LogP contribution < -0.4 is 0 Å². The largest absolute Gasteiger partial charge is 0.396 e. The Morgan fingerprint density at radius 2 is 1.86 bits per heavy atom. The minimum atomic E-state index is -0.991. The summed E-state index contributed by atoms with van der Waals surface area (Å²) < 4.78 is 10.8. The van der Waals surface area contributed by atoms with Crippen molar-refractivity contribution in [2.45, 2.75) is 39.1 Å². The molecule has 0 amide bonds. The highest BCUT2D eigenvalue weighted by Gasteiger charge is 2.40. The molecule has 0 spiro atoms. The molecule has 0 unspecified atom stereocenters. The summed E-state index contributed by atoms with van der Waals surface area (Å²) in [5.41, 5.74) is -1.28. The average molecular weight is 204 g/mol. The fourth-order valence-corrected chi connectivity index (χ4v) is 1.41. The third-order valence-electron chi connectivity index (χ3n) is 2.74. The Balaban J connectivity index is 2.53. The third-order valence-corrected chi connectivity index (χ3v) is 2.74. The van der Waals surface area contributed by atoms with Crippen LogP contribution in [-0.4, -0.2) is 41.9 Å². The van der Waals surface area contributed by atoms with E-state index in [-0.39, 0.29) is 12.0 Å². The first-order valence-corrected chi connectivity index (χ1v) is 5.00. The van der Waals surface area contributed by atoms with Gasteiger partial charge in [0.25, 0.3) is 0 Å². The van der Waals surface area contributed by atoms with E-state index in [0.29, 0.717) is 13.2 Å². The van der Waals surface area contributed by atoms with E-state index in [1.165, 1.54) is 0 Å². The lowest BCUT2D eigenvalue weighted by atomic mass is 9.87. The van der Waals surface area contributed by atoms with Crippen LogP contribution in [0.2, 0.25) is 0 Å². The van der Waals surface area contributed by atoms with Gasteiger partial charge in [-0.15, -0.1) is 0 Å². The Bertz CT molecular complexity index is 171. The molecule has 1 fully saturated rings. The first-order valence-electron chi connectivity index (χ1n) is 5.00. The van der Waals surface area contributed by atoms with Crippen LogP contribution in [0, 0.1) is 5.41 Å². The van der Waals surface area contributed by atoms with Crippen LogP contribution >= 0.6 is 0 Å². The second kappa shape index (κ2) is 4.14. The lowest BCUT2D eigenvalue weighted by Crippen LogP contribution is -2.51. The molecule has 84 valence electrons. The molecule has 1 saturated heterocycles. The van der Waals surface area contributed by atoms with Gasteiger partial charge in [-0.05, 0) is 20.3 Å². The molecule has 1 aliphatic heterocycles. The van der Waals surface area contributed by atoms with E-state index >= 15 is 0 Å². The van der Waals surface area contributed by atoms with Gasteiger partial charge < -0.3 is 19.7 Å². The van der Waals surface area contributed by atoms with E-state index in [0.717, 1.165) is 6.42 Å². The molecule has 0 aromatic carbocycles. The predicted octanol–water partition coefficient (Wildman–Crippen LogP) is 0.519. The first-order chi connectivity index (χ1) is 6.43. The SMILES string of the molecule is CCC1(CO)COC(C(C)(C)O)OC1. The van der Waals surface area contributed by atoms with Crippen molar-refractivity contribution in [1.29, 1.82) is 0 Å². The molecule has 4 nitrogen and oxygen atoms in total. The van der Waals surface area contributed by atoms with Gasteiger partial charge in [-0.25, -0.2) is 0 Å². The Hall–Kier alpha value is -0.160. The highest BCUT2D eigenvalue weighted by molar-refractivity contribution is 4.83. The van der Waals surface area contributed by atoms with Gasteiger partial charge >= 0.3 is 0 Å². The lowest BCUT2D eigenvalue weighted by Gasteiger charge is -2.41. The molecule has 0 atom stereocenters. The van der Waals surface area contributed by atoms with Gasteiger partial charge in [0.2, 0.25) is 0 Å². The second-order valence-corrected chi connectivity index (χ2v) is 4.62. The van der Waals surface area contributed by atoms with Crippen LogP contribution in [0.3, 0.4) is 0 Å².